The second-order valence-corrected chi connectivity index (χ2v) is 7.56. The molecule has 2 aromatic carbocycles. The fraction of sp³-hybridized carbons (Fsp3) is 0.250. The predicted molar refractivity (Wildman–Crippen MR) is 99.4 cm³/mol. The zero-order chi connectivity index (χ0) is 17.2. The molecule has 0 aliphatic carbocycles. The Hall–Kier alpha value is -2.24. The summed E-state index contributed by atoms with van der Waals surface area (Å²) in [6, 6.07) is 16.9. The molecule has 5 heteroatoms. The van der Waals surface area contributed by atoms with Crippen LogP contribution in [0.15, 0.2) is 54.6 Å². The maximum absolute atomic E-state index is 13.3. The first kappa shape index (κ1) is 16.2. The summed E-state index contributed by atoms with van der Waals surface area (Å²) in [6.07, 6.45) is 0.956. The number of nitrogens with one attached hydrogen (secondary N) is 1. The van der Waals surface area contributed by atoms with Gasteiger partial charge in [-0.05, 0) is 41.6 Å². The van der Waals surface area contributed by atoms with E-state index in [1.54, 1.807) is 12.1 Å². The minimum Gasteiger partial charge on any atom is -0.347 e. The van der Waals surface area contributed by atoms with Gasteiger partial charge in [0.25, 0.3) is 5.91 Å². The molecule has 2 heterocycles. The molecule has 0 bridgehead atoms. The van der Waals surface area contributed by atoms with Gasteiger partial charge in [0.2, 0.25) is 0 Å². The lowest BCUT2D eigenvalue weighted by Gasteiger charge is -2.16. The van der Waals surface area contributed by atoms with Gasteiger partial charge in [-0.25, -0.2) is 4.39 Å². The van der Waals surface area contributed by atoms with Crippen molar-refractivity contribution in [3.05, 3.63) is 70.9 Å². The summed E-state index contributed by atoms with van der Waals surface area (Å²) in [5.41, 5.74) is 1.29. The highest BCUT2D eigenvalue weighted by atomic mass is 32.1. The Bertz CT molecular complexity index is 893. The van der Waals surface area contributed by atoms with E-state index in [-0.39, 0.29) is 17.8 Å². The molecular weight excluding hydrogens is 335 g/mol. The van der Waals surface area contributed by atoms with Gasteiger partial charge in [0.05, 0.1) is 4.88 Å². The second-order valence-electron chi connectivity index (χ2n) is 6.47. The third-order valence-electron chi connectivity index (χ3n) is 4.56. The molecule has 1 aliphatic rings. The molecule has 3 nitrogen and oxygen atoms in total. The molecule has 1 aromatic heterocycles. The monoisotopic (exact) mass is 354 g/mol. The first-order valence-corrected chi connectivity index (χ1v) is 9.25. The Morgan fingerprint density at radius 1 is 1.20 bits per heavy atom. The van der Waals surface area contributed by atoms with Gasteiger partial charge in [0, 0.05) is 30.4 Å². The summed E-state index contributed by atoms with van der Waals surface area (Å²) in [5, 5.41) is 3.91. The number of thiophene rings is 1. The average Bonchev–Trinajstić information content (AvgIpc) is 3.22. The van der Waals surface area contributed by atoms with Crippen LogP contribution >= 0.6 is 11.3 Å². The molecule has 1 atom stereocenters. The Balaban J connectivity index is 1.37. The number of carbonyl (C=O) groups excluding carboxylic acids is 1. The highest BCUT2D eigenvalue weighted by Crippen LogP contribution is 2.26. The molecule has 0 saturated carbocycles. The number of nitrogens with zero attached hydrogens (tertiary/aromatic N) is 1. The van der Waals surface area contributed by atoms with Gasteiger partial charge >= 0.3 is 0 Å². The van der Waals surface area contributed by atoms with E-state index in [1.165, 1.54) is 29.0 Å². The van der Waals surface area contributed by atoms with Crippen LogP contribution < -0.4 is 5.32 Å². The van der Waals surface area contributed by atoms with Crippen LogP contribution in [0.2, 0.25) is 0 Å². The van der Waals surface area contributed by atoms with E-state index in [0.717, 1.165) is 36.1 Å². The number of carbonyl (C=O) groups is 1. The molecule has 0 spiro atoms. The van der Waals surface area contributed by atoms with Crippen molar-refractivity contribution >= 4 is 27.3 Å². The number of benzene rings is 2. The number of rotatable bonds is 4. The number of hydrogen-bond acceptors (Lipinski definition) is 3. The van der Waals surface area contributed by atoms with Crippen LogP contribution in [-0.2, 0) is 6.54 Å². The summed E-state index contributed by atoms with van der Waals surface area (Å²) in [5.74, 6) is -0.335. The lowest BCUT2D eigenvalue weighted by molar-refractivity contribution is 0.0942. The molecule has 128 valence electrons. The Morgan fingerprint density at radius 2 is 2.04 bits per heavy atom. The van der Waals surface area contributed by atoms with Crippen molar-refractivity contribution < 1.29 is 9.18 Å². The summed E-state index contributed by atoms with van der Waals surface area (Å²) in [4.78, 5) is 15.5. The van der Waals surface area contributed by atoms with E-state index < -0.39 is 0 Å². The molecule has 1 saturated heterocycles. The minimum absolute atomic E-state index is 0.0619. The van der Waals surface area contributed by atoms with Crippen molar-refractivity contribution in [1.29, 1.82) is 0 Å². The van der Waals surface area contributed by atoms with E-state index in [9.17, 15) is 9.18 Å². The van der Waals surface area contributed by atoms with E-state index in [2.05, 4.69) is 34.5 Å². The average molecular weight is 354 g/mol. The van der Waals surface area contributed by atoms with E-state index in [4.69, 9.17) is 0 Å². The smallest absolute Gasteiger partial charge is 0.261 e. The molecule has 1 N–H and O–H groups in total. The van der Waals surface area contributed by atoms with Crippen LogP contribution in [0.4, 0.5) is 4.39 Å². The molecular formula is C20H19FN2OS. The fourth-order valence-electron chi connectivity index (χ4n) is 3.32. The van der Waals surface area contributed by atoms with Gasteiger partial charge in [0.1, 0.15) is 5.82 Å². The third kappa shape index (κ3) is 3.72. The predicted octanol–water partition coefficient (Wildman–Crippen LogP) is 4.04. The number of likely N-dealkylation sites (tertiary alicyclic amines) is 1. The van der Waals surface area contributed by atoms with Gasteiger partial charge in [-0.2, -0.15) is 0 Å². The minimum atomic E-state index is -0.274. The number of hydrogen-bond donors (Lipinski definition) is 1. The lowest BCUT2D eigenvalue weighted by Crippen LogP contribution is -2.36. The third-order valence-corrected chi connectivity index (χ3v) is 5.67. The highest BCUT2D eigenvalue weighted by molar-refractivity contribution is 7.20. The second kappa shape index (κ2) is 6.94. The van der Waals surface area contributed by atoms with E-state index >= 15 is 0 Å². The zero-order valence-electron chi connectivity index (χ0n) is 13.7. The van der Waals surface area contributed by atoms with Crippen molar-refractivity contribution in [3.63, 3.8) is 0 Å². The molecule has 1 fully saturated rings. The Morgan fingerprint density at radius 3 is 2.88 bits per heavy atom. The molecule has 1 amide bonds. The van der Waals surface area contributed by atoms with Crippen molar-refractivity contribution in [1.82, 2.24) is 10.2 Å². The van der Waals surface area contributed by atoms with Gasteiger partial charge in [-0.15, -0.1) is 11.3 Å². The highest BCUT2D eigenvalue weighted by Gasteiger charge is 2.24. The first-order valence-electron chi connectivity index (χ1n) is 8.43. The number of amides is 1. The maximum atomic E-state index is 13.3. The van der Waals surface area contributed by atoms with Crippen LogP contribution in [0, 0.1) is 5.82 Å². The van der Waals surface area contributed by atoms with E-state index in [0.29, 0.717) is 4.88 Å². The van der Waals surface area contributed by atoms with E-state index in [1.807, 2.05) is 6.07 Å². The van der Waals surface area contributed by atoms with Crippen LogP contribution in [0.3, 0.4) is 0 Å². The number of fused-ring (bicyclic) bond motifs is 1. The number of halogens is 1. The topological polar surface area (TPSA) is 32.3 Å². The van der Waals surface area contributed by atoms with Crippen LogP contribution in [-0.4, -0.2) is 29.9 Å². The molecule has 3 aromatic rings. The normalized spacial score (nSPS) is 17.9. The summed E-state index contributed by atoms with van der Waals surface area (Å²) >= 11 is 1.41. The summed E-state index contributed by atoms with van der Waals surface area (Å²) < 4.78 is 14.2. The van der Waals surface area contributed by atoms with Crippen LogP contribution in [0.1, 0.15) is 21.7 Å². The SMILES string of the molecule is O=C(N[C@@H]1CCN(Cc2ccccc2)C1)c1cc2cc(F)ccc2s1. The fourth-order valence-corrected chi connectivity index (χ4v) is 4.26. The molecule has 0 unspecified atom stereocenters. The largest absolute Gasteiger partial charge is 0.347 e. The summed E-state index contributed by atoms with van der Waals surface area (Å²) in [7, 11) is 0. The molecule has 25 heavy (non-hydrogen) atoms. The Labute approximate surface area is 150 Å². The zero-order valence-corrected chi connectivity index (χ0v) is 14.6. The van der Waals surface area contributed by atoms with Gasteiger partial charge in [0.15, 0.2) is 0 Å². The van der Waals surface area contributed by atoms with Crippen molar-refractivity contribution in [2.75, 3.05) is 13.1 Å². The molecule has 1 aliphatic heterocycles. The standard InChI is InChI=1S/C20H19FN2OS/c21-16-6-7-18-15(10-16)11-19(25-18)20(24)22-17-8-9-23(13-17)12-14-4-2-1-3-5-14/h1-7,10-11,17H,8-9,12-13H2,(H,22,24)/t17-/m1/s1. The van der Waals surface area contributed by atoms with Crippen LogP contribution in [0.5, 0.6) is 0 Å². The van der Waals surface area contributed by atoms with Crippen molar-refractivity contribution in [3.8, 4) is 0 Å². The lowest BCUT2D eigenvalue weighted by atomic mass is 10.2. The van der Waals surface area contributed by atoms with Crippen LogP contribution in [0.25, 0.3) is 10.1 Å². The first-order chi connectivity index (χ1) is 12.2. The maximum Gasteiger partial charge on any atom is 0.261 e. The van der Waals surface area contributed by atoms with Crippen molar-refractivity contribution in [2.45, 2.75) is 19.0 Å². The molecule has 0 radical (unpaired) electrons. The quantitative estimate of drug-likeness (QED) is 0.767. The van der Waals surface area contributed by atoms with Gasteiger partial charge < -0.3 is 5.32 Å². The Kier molecular flexibility index (Phi) is 4.51. The molecule has 4 rings (SSSR count). The van der Waals surface area contributed by atoms with Gasteiger partial charge in [-0.3, -0.25) is 9.69 Å². The summed E-state index contributed by atoms with van der Waals surface area (Å²) in [6.45, 7) is 2.76. The van der Waals surface area contributed by atoms with Gasteiger partial charge in [-0.1, -0.05) is 30.3 Å². The van der Waals surface area contributed by atoms with Crippen molar-refractivity contribution in [2.24, 2.45) is 0 Å².